The van der Waals surface area contributed by atoms with E-state index in [1.807, 2.05) is 58.9 Å². The zero-order valence-corrected chi connectivity index (χ0v) is 28.3. The smallest absolute Gasteiger partial charge is 0.315 e. The average Bonchev–Trinajstić information content (AvgIpc) is 3.60. The van der Waals surface area contributed by atoms with E-state index in [2.05, 4.69) is 16.0 Å². The van der Waals surface area contributed by atoms with Crippen LogP contribution in [0.3, 0.4) is 0 Å². The Bertz CT molecular complexity index is 1260. The van der Waals surface area contributed by atoms with Gasteiger partial charge in [-0.05, 0) is 65.9 Å². The maximum atomic E-state index is 14.6. The van der Waals surface area contributed by atoms with Crippen LogP contribution in [-0.2, 0) is 36.8 Å². The van der Waals surface area contributed by atoms with Crippen molar-refractivity contribution in [3.8, 4) is 0 Å². The number of likely N-dealkylation sites (tertiary alicyclic amines) is 1. The van der Waals surface area contributed by atoms with Gasteiger partial charge >= 0.3 is 6.03 Å². The Hall–Kier alpha value is -3.47. The summed E-state index contributed by atoms with van der Waals surface area (Å²) in [4.78, 5) is 68.5. The number of benzene rings is 1. The van der Waals surface area contributed by atoms with Gasteiger partial charge in [-0.2, -0.15) is 0 Å². The zero-order valence-electron chi connectivity index (χ0n) is 28.3. The van der Waals surface area contributed by atoms with Gasteiger partial charge in [0.1, 0.15) is 12.1 Å². The lowest BCUT2D eigenvalue weighted by molar-refractivity contribution is -0.144. The maximum absolute atomic E-state index is 14.6. The van der Waals surface area contributed by atoms with Crippen LogP contribution in [0.25, 0.3) is 0 Å². The number of Topliss-reactive ketones (excluding diaryl/α,β-unsaturated/α-hetero) is 1. The van der Waals surface area contributed by atoms with Crippen molar-refractivity contribution in [2.75, 3.05) is 20.3 Å². The van der Waals surface area contributed by atoms with Gasteiger partial charge in [0.25, 0.3) is 5.91 Å². The molecule has 1 aliphatic heterocycles. The average molecular weight is 640 g/mol. The first kappa shape index (κ1) is 35.4. The van der Waals surface area contributed by atoms with Crippen LogP contribution in [0.4, 0.5) is 4.79 Å². The first-order chi connectivity index (χ1) is 21.7. The van der Waals surface area contributed by atoms with Crippen molar-refractivity contribution in [2.24, 2.45) is 34.8 Å². The minimum absolute atomic E-state index is 0.0671. The molecule has 1 heterocycles. The van der Waals surface area contributed by atoms with Gasteiger partial charge in [0.2, 0.25) is 17.6 Å². The lowest BCUT2D eigenvalue weighted by atomic mass is 9.80. The molecule has 1 saturated heterocycles. The topological polar surface area (TPSA) is 160 Å². The van der Waals surface area contributed by atoms with E-state index in [0.717, 1.165) is 30.4 Å². The molecule has 4 rings (SSSR count). The van der Waals surface area contributed by atoms with Crippen LogP contribution in [-0.4, -0.2) is 78.9 Å². The fourth-order valence-corrected chi connectivity index (χ4v) is 7.22. The predicted octanol–water partition coefficient (Wildman–Crippen LogP) is 2.73. The highest BCUT2D eigenvalue weighted by Crippen LogP contribution is 2.35. The summed E-state index contributed by atoms with van der Waals surface area (Å²) in [5, 5.41) is 8.85. The van der Waals surface area contributed by atoms with Crippen LogP contribution in [0, 0.1) is 29.1 Å². The zero-order chi connectivity index (χ0) is 33.8. The van der Waals surface area contributed by atoms with Crippen LogP contribution in [0.1, 0.15) is 77.8 Å². The summed E-state index contributed by atoms with van der Waals surface area (Å²) < 4.78 is 5.36. The highest BCUT2D eigenvalue weighted by molar-refractivity contribution is 6.37. The lowest BCUT2D eigenvalue weighted by Crippen LogP contribution is -2.61. The van der Waals surface area contributed by atoms with Gasteiger partial charge in [0, 0.05) is 13.7 Å². The summed E-state index contributed by atoms with van der Waals surface area (Å²) in [6, 6.07) is 4.48. The predicted molar refractivity (Wildman–Crippen MR) is 174 cm³/mol. The van der Waals surface area contributed by atoms with Crippen LogP contribution < -0.4 is 21.7 Å². The Morgan fingerprint density at radius 3 is 2.11 bits per heavy atom. The molecule has 0 aromatic heterocycles. The molecule has 2 fully saturated rings. The molecule has 1 aromatic carbocycles. The Morgan fingerprint density at radius 1 is 0.978 bits per heavy atom. The normalized spacial score (nSPS) is 22.0. The molecule has 3 aliphatic rings. The largest absolute Gasteiger partial charge is 0.383 e. The molecule has 1 saturated carbocycles. The molecular formula is C35H53N5O6. The number of hydrogen-bond donors (Lipinski definition) is 4. The monoisotopic (exact) mass is 639 g/mol. The van der Waals surface area contributed by atoms with Gasteiger partial charge in [0.05, 0.1) is 18.7 Å². The molecule has 254 valence electrons. The number of carbonyl (C=O) groups is 5. The first-order valence-electron chi connectivity index (χ1n) is 16.8. The second kappa shape index (κ2) is 15.0. The molecule has 1 unspecified atom stereocenters. The highest BCUT2D eigenvalue weighted by atomic mass is 16.5. The van der Waals surface area contributed by atoms with Crippen molar-refractivity contribution < 1.29 is 28.7 Å². The van der Waals surface area contributed by atoms with Gasteiger partial charge in [-0.15, -0.1) is 0 Å². The van der Waals surface area contributed by atoms with E-state index in [-0.39, 0.29) is 41.0 Å². The number of carbonyl (C=O) groups excluding carboxylic acids is 5. The van der Waals surface area contributed by atoms with E-state index in [1.54, 1.807) is 12.0 Å². The summed E-state index contributed by atoms with van der Waals surface area (Å²) in [7, 11) is 1.58. The van der Waals surface area contributed by atoms with Crippen LogP contribution in [0.2, 0.25) is 0 Å². The Kier molecular flexibility index (Phi) is 11.5. The molecule has 46 heavy (non-hydrogen) atoms. The highest BCUT2D eigenvalue weighted by Gasteiger charge is 2.48. The molecule has 1 aromatic rings. The molecule has 5 atom stereocenters. The number of primary amides is 1. The van der Waals surface area contributed by atoms with Crippen molar-refractivity contribution in [3.05, 3.63) is 35.4 Å². The third kappa shape index (κ3) is 8.27. The molecule has 11 heteroatoms. The second-order valence-corrected chi connectivity index (χ2v) is 14.9. The van der Waals surface area contributed by atoms with Gasteiger partial charge in [0.15, 0.2) is 0 Å². The number of urea groups is 1. The van der Waals surface area contributed by atoms with E-state index in [1.165, 1.54) is 0 Å². The number of nitrogens with one attached hydrogen (secondary N) is 3. The van der Waals surface area contributed by atoms with E-state index in [0.29, 0.717) is 38.8 Å². The van der Waals surface area contributed by atoms with Gasteiger partial charge in [-0.1, -0.05) is 78.1 Å². The molecule has 0 radical (unpaired) electrons. The molecule has 5 amide bonds. The van der Waals surface area contributed by atoms with Gasteiger partial charge < -0.3 is 31.3 Å². The van der Waals surface area contributed by atoms with Crippen molar-refractivity contribution in [2.45, 2.75) is 104 Å². The first-order valence-corrected chi connectivity index (χ1v) is 16.8. The van der Waals surface area contributed by atoms with Gasteiger partial charge in [-0.3, -0.25) is 19.2 Å². The molecule has 2 aliphatic carbocycles. The minimum atomic E-state index is -1.08. The van der Waals surface area contributed by atoms with E-state index >= 15 is 0 Å². The molecule has 5 N–H and O–H groups in total. The van der Waals surface area contributed by atoms with Crippen LogP contribution >= 0.6 is 0 Å². The third-order valence-corrected chi connectivity index (χ3v) is 10.3. The summed E-state index contributed by atoms with van der Waals surface area (Å²) in [6.45, 7) is 10.7. The van der Waals surface area contributed by atoms with Crippen molar-refractivity contribution in [3.63, 3.8) is 0 Å². The SMILES string of the molecule is COC[C@@H](NC(=O)N[C@H](C(=O)N1CC[C@H](C(C)C)[C@H]1C(=O)NC(CC1CCC1)C(=O)C(N)=O)C1Cc2ccccc2C1)C(C)(C)C. The maximum Gasteiger partial charge on any atom is 0.315 e. The standard InChI is InChI=1S/C35H53N5O6/c1-20(2)25-14-15-40(29(25)32(43)37-26(30(41)31(36)42)16-21-10-9-11-21)33(44)28(24-17-22-12-7-8-13-23(22)18-24)39-34(45)38-27(19-46-6)35(3,4)5/h7-8,12-13,20-21,24-29H,9-11,14-19H2,1-6H3,(H2,36,42)(H,37,43)(H2,38,39,45)/t25-,26?,27-,28+,29+/m1/s1. The lowest BCUT2D eigenvalue weighted by Gasteiger charge is -2.36. The number of fused-ring (bicyclic) bond motifs is 1. The van der Waals surface area contributed by atoms with Crippen LogP contribution in [0.5, 0.6) is 0 Å². The summed E-state index contributed by atoms with van der Waals surface area (Å²) in [5.74, 6) is -2.76. The summed E-state index contributed by atoms with van der Waals surface area (Å²) in [6.07, 6.45) is 5.09. The number of nitrogens with zero attached hydrogens (tertiary/aromatic N) is 1. The van der Waals surface area contributed by atoms with Gasteiger partial charge in [-0.25, -0.2) is 4.79 Å². The van der Waals surface area contributed by atoms with E-state index < -0.39 is 41.8 Å². The molecular weight excluding hydrogens is 586 g/mol. The summed E-state index contributed by atoms with van der Waals surface area (Å²) in [5.41, 5.74) is 7.35. The van der Waals surface area contributed by atoms with E-state index in [9.17, 15) is 24.0 Å². The van der Waals surface area contributed by atoms with Crippen LogP contribution in [0.15, 0.2) is 24.3 Å². The van der Waals surface area contributed by atoms with Crippen molar-refractivity contribution in [1.29, 1.82) is 0 Å². The molecule has 0 spiro atoms. The number of methoxy groups -OCH3 is 1. The Balaban J connectivity index is 1.60. The number of amides is 5. The Morgan fingerprint density at radius 2 is 1.61 bits per heavy atom. The van der Waals surface area contributed by atoms with Crippen molar-refractivity contribution in [1.82, 2.24) is 20.9 Å². The summed E-state index contributed by atoms with van der Waals surface area (Å²) >= 11 is 0. The molecule has 0 bridgehead atoms. The Labute approximate surface area is 273 Å². The number of ketones is 1. The number of rotatable bonds is 13. The quantitative estimate of drug-likeness (QED) is 0.243. The van der Waals surface area contributed by atoms with E-state index in [4.69, 9.17) is 10.5 Å². The molecule has 11 nitrogen and oxygen atoms in total. The fourth-order valence-electron chi connectivity index (χ4n) is 7.22. The fraction of sp³-hybridized carbons (Fsp3) is 0.686. The number of ether oxygens (including phenoxy) is 1. The minimum Gasteiger partial charge on any atom is -0.383 e. The number of hydrogen-bond acceptors (Lipinski definition) is 6. The number of nitrogens with two attached hydrogens (primary N) is 1. The second-order valence-electron chi connectivity index (χ2n) is 14.9. The third-order valence-electron chi connectivity index (χ3n) is 10.3. The van der Waals surface area contributed by atoms with Crippen molar-refractivity contribution >= 4 is 29.5 Å².